The molecule has 0 aliphatic carbocycles. The molecule has 7 heteroatoms. The van der Waals surface area contributed by atoms with Crippen LogP contribution in [0.1, 0.15) is 19.3 Å². The molecule has 2 atom stereocenters. The molecule has 2 heterocycles. The van der Waals surface area contributed by atoms with Crippen LogP contribution in [-0.2, 0) is 9.59 Å². The van der Waals surface area contributed by atoms with Crippen molar-refractivity contribution in [2.75, 3.05) is 18.1 Å². The molecule has 0 unspecified atom stereocenters. The summed E-state index contributed by atoms with van der Waals surface area (Å²) in [6, 6.07) is 2.03. The molecule has 2 aliphatic rings. The van der Waals surface area contributed by atoms with Crippen molar-refractivity contribution in [1.82, 2.24) is 4.90 Å². The maximum Gasteiger partial charge on any atom is 0.352 e. The number of nitrogens with zero attached hydrogens (tertiary/aromatic N) is 2. The van der Waals surface area contributed by atoms with E-state index in [1.807, 2.05) is 0 Å². The molecule has 0 aromatic heterocycles. The predicted molar refractivity (Wildman–Crippen MR) is 74.6 cm³/mol. The van der Waals surface area contributed by atoms with Crippen molar-refractivity contribution in [3.05, 3.63) is 11.3 Å². The van der Waals surface area contributed by atoms with Gasteiger partial charge in [-0.15, -0.1) is 0 Å². The van der Waals surface area contributed by atoms with Gasteiger partial charge in [0, 0.05) is 17.9 Å². The number of aliphatic carboxylic acids is 1. The Balaban J connectivity index is 2.05. The van der Waals surface area contributed by atoms with Gasteiger partial charge in [0.2, 0.25) is 5.91 Å². The van der Waals surface area contributed by atoms with Gasteiger partial charge in [0.25, 0.3) is 0 Å². The summed E-state index contributed by atoms with van der Waals surface area (Å²) >= 11 is 1.54. The molecule has 1 saturated heterocycles. The molecule has 0 bridgehead atoms. The lowest BCUT2D eigenvalue weighted by atomic mass is 9.84. The van der Waals surface area contributed by atoms with E-state index in [4.69, 9.17) is 11.0 Å². The first kappa shape index (κ1) is 14.9. The van der Waals surface area contributed by atoms with Gasteiger partial charge in [-0.25, -0.2) is 4.79 Å². The molecule has 20 heavy (non-hydrogen) atoms. The van der Waals surface area contributed by atoms with Gasteiger partial charge >= 0.3 is 5.97 Å². The molecular formula is C13H17N3O3S. The molecule has 2 aliphatic heterocycles. The van der Waals surface area contributed by atoms with Crippen LogP contribution in [0.25, 0.3) is 0 Å². The summed E-state index contributed by atoms with van der Waals surface area (Å²) in [6.45, 7) is 0.440. The number of amides is 1. The van der Waals surface area contributed by atoms with Gasteiger partial charge in [0.05, 0.1) is 18.0 Å². The molecule has 1 fully saturated rings. The second-order valence-corrected chi connectivity index (χ2v) is 5.99. The number of nitriles is 1. The molecule has 1 amide bonds. The van der Waals surface area contributed by atoms with E-state index in [0.29, 0.717) is 37.3 Å². The predicted octanol–water partition coefficient (Wildman–Crippen LogP) is 0.551. The number of hydrogen-bond donors (Lipinski definition) is 2. The number of fused-ring (bicyclic) bond motifs is 1. The van der Waals surface area contributed by atoms with Crippen LogP contribution in [0.15, 0.2) is 11.3 Å². The number of carboxylic acid groups (broad SMARTS) is 1. The molecule has 108 valence electrons. The van der Waals surface area contributed by atoms with Crippen LogP contribution >= 0.6 is 11.8 Å². The summed E-state index contributed by atoms with van der Waals surface area (Å²) in [6.07, 6.45) is 1.68. The largest absolute Gasteiger partial charge is 0.477 e. The Kier molecular flexibility index (Phi) is 4.68. The van der Waals surface area contributed by atoms with Crippen LogP contribution in [0.4, 0.5) is 0 Å². The molecule has 0 radical (unpaired) electrons. The minimum absolute atomic E-state index is 0.0243. The van der Waals surface area contributed by atoms with E-state index >= 15 is 0 Å². The fraction of sp³-hybridized carbons (Fsp3) is 0.615. The molecule has 0 saturated carbocycles. The highest BCUT2D eigenvalue weighted by Crippen LogP contribution is 2.44. The zero-order chi connectivity index (χ0) is 14.7. The molecule has 3 N–H and O–H groups in total. The quantitative estimate of drug-likeness (QED) is 0.524. The van der Waals surface area contributed by atoms with Crippen molar-refractivity contribution in [3.8, 4) is 6.07 Å². The Morgan fingerprint density at radius 1 is 1.60 bits per heavy atom. The standard InChI is InChI=1S/C13H17N3O3S/c14-3-1-5-20-7-8-6-10-9(2-4-15)12(17)16(10)11(8)13(18)19/h9-10H,1-2,4-7,15H2,(H,18,19)/t9-,10+/m1/s1. The van der Waals surface area contributed by atoms with Crippen LogP contribution in [0.3, 0.4) is 0 Å². The molecule has 0 spiro atoms. The Hall–Kier alpha value is -1.52. The van der Waals surface area contributed by atoms with Crippen molar-refractivity contribution in [3.63, 3.8) is 0 Å². The van der Waals surface area contributed by atoms with Crippen molar-refractivity contribution >= 4 is 23.6 Å². The summed E-state index contributed by atoms with van der Waals surface area (Å²) < 4.78 is 0. The number of hydrogen-bond acceptors (Lipinski definition) is 5. The Morgan fingerprint density at radius 3 is 2.95 bits per heavy atom. The van der Waals surface area contributed by atoms with Gasteiger partial charge in [-0.1, -0.05) is 0 Å². The highest BCUT2D eigenvalue weighted by atomic mass is 32.2. The van der Waals surface area contributed by atoms with Gasteiger partial charge in [-0.05, 0) is 25.0 Å². The van der Waals surface area contributed by atoms with Crippen LogP contribution in [-0.4, -0.2) is 46.0 Å². The van der Waals surface area contributed by atoms with Crippen molar-refractivity contribution in [2.24, 2.45) is 11.7 Å². The lowest BCUT2D eigenvalue weighted by molar-refractivity contribution is -0.155. The first-order valence-corrected chi connectivity index (χ1v) is 7.70. The fourth-order valence-electron chi connectivity index (χ4n) is 2.82. The monoisotopic (exact) mass is 295 g/mol. The topological polar surface area (TPSA) is 107 Å². The lowest BCUT2D eigenvalue weighted by Gasteiger charge is -2.43. The maximum absolute atomic E-state index is 12.0. The normalized spacial score (nSPS) is 24.4. The number of carboxylic acids is 1. The fourth-order valence-corrected chi connectivity index (χ4v) is 3.70. The van der Waals surface area contributed by atoms with Gasteiger partial charge < -0.3 is 15.7 Å². The first-order chi connectivity index (χ1) is 9.61. The summed E-state index contributed by atoms with van der Waals surface area (Å²) in [5.74, 6) is -0.0368. The average molecular weight is 295 g/mol. The van der Waals surface area contributed by atoms with Gasteiger partial charge in [0.1, 0.15) is 5.70 Å². The van der Waals surface area contributed by atoms with Gasteiger partial charge in [-0.3, -0.25) is 4.79 Å². The third kappa shape index (κ3) is 2.53. The summed E-state index contributed by atoms with van der Waals surface area (Å²) in [7, 11) is 0. The van der Waals surface area contributed by atoms with E-state index in [1.54, 1.807) is 0 Å². The number of rotatable bonds is 7. The number of β-lactam (4-membered cyclic amide) rings is 1. The van der Waals surface area contributed by atoms with E-state index in [2.05, 4.69) is 6.07 Å². The van der Waals surface area contributed by atoms with Crippen LogP contribution in [0, 0.1) is 17.2 Å². The van der Waals surface area contributed by atoms with Gasteiger partial charge in [0.15, 0.2) is 0 Å². The molecule has 0 aromatic carbocycles. The average Bonchev–Trinajstić information content (AvgIpc) is 2.76. The number of carbonyl (C=O) groups is 2. The number of nitrogens with two attached hydrogens (primary N) is 1. The van der Waals surface area contributed by atoms with E-state index in [-0.39, 0.29) is 23.6 Å². The van der Waals surface area contributed by atoms with Crippen LogP contribution in [0.5, 0.6) is 0 Å². The van der Waals surface area contributed by atoms with E-state index in [1.165, 1.54) is 16.7 Å². The summed E-state index contributed by atoms with van der Waals surface area (Å²) in [5, 5.41) is 17.8. The van der Waals surface area contributed by atoms with Gasteiger partial charge in [-0.2, -0.15) is 17.0 Å². The Bertz CT molecular complexity index is 498. The van der Waals surface area contributed by atoms with E-state index in [0.717, 1.165) is 5.57 Å². The molecule has 2 rings (SSSR count). The zero-order valence-corrected chi connectivity index (χ0v) is 11.9. The molecule has 6 nitrogen and oxygen atoms in total. The highest BCUT2D eigenvalue weighted by Gasteiger charge is 2.54. The van der Waals surface area contributed by atoms with Crippen molar-refractivity contribution in [1.29, 1.82) is 5.26 Å². The maximum atomic E-state index is 12.0. The minimum Gasteiger partial charge on any atom is -0.477 e. The third-order valence-electron chi connectivity index (χ3n) is 3.70. The Morgan fingerprint density at radius 2 is 2.35 bits per heavy atom. The highest BCUT2D eigenvalue weighted by molar-refractivity contribution is 7.99. The summed E-state index contributed by atoms with van der Waals surface area (Å²) in [5.41, 5.74) is 6.45. The number of thioether (sulfide) groups is 1. The number of carbonyl (C=O) groups excluding carboxylic acids is 1. The van der Waals surface area contributed by atoms with E-state index < -0.39 is 5.97 Å². The molecule has 0 aromatic rings. The van der Waals surface area contributed by atoms with Crippen LogP contribution < -0.4 is 5.73 Å². The van der Waals surface area contributed by atoms with Crippen molar-refractivity contribution < 1.29 is 14.7 Å². The van der Waals surface area contributed by atoms with Crippen molar-refractivity contribution in [2.45, 2.75) is 25.3 Å². The van der Waals surface area contributed by atoms with Crippen LogP contribution in [0.2, 0.25) is 0 Å². The van der Waals surface area contributed by atoms with E-state index in [9.17, 15) is 14.7 Å². The molecular weight excluding hydrogens is 278 g/mol. The summed E-state index contributed by atoms with van der Waals surface area (Å²) in [4.78, 5) is 24.8. The minimum atomic E-state index is -1.04. The smallest absolute Gasteiger partial charge is 0.352 e. The lowest BCUT2D eigenvalue weighted by Crippen LogP contribution is -2.58. The SMILES string of the molecule is N#CCCSCC1=C(C(=O)O)N2C(=O)[C@H](CCN)[C@@H]2C1. The first-order valence-electron chi connectivity index (χ1n) is 6.55. The third-order valence-corrected chi connectivity index (χ3v) is 4.74. The Labute approximate surface area is 121 Å². The second kappa shape index (κ2) is 6.29. The zero-order valence-electron chi connectivity index (χ0n) is 11.0. The second-order valence-electron chi connectivity index (χ2n) is 4.88.